The van der Waals surface area contributed by atoms with Gasteiger partial charge in [0.15, 0.2) is 0 Å². The van der Waals surface area contributed by atoms with Crippen LogP contribution in [-0.4, -0.2) is 25.1 Å². The highest BCUT2D eigenvalue weighted by Crippen LogP contribution is 2.17. The van der Waals surface area contributed by atoms with Gasteiger partial charge in [0.1, 0.15) is 6.54 Å². The number of nitrogens with zero attached hydrogens (tertiary/aromatic N) is 1. The Morgan fingerprint density at radius 2 is 1.65 bits per heavy atom. The largest absolute Gasteiger partial charge is 0.325 e. The SMILES string of the molecule is C=Cc1ccccc1C[N+](C)(C)CCCCCCCC. The molecule has 1 nitrogen and oxygen atoms in total. The van der Waals surface area contributed by atoms with Crippen LogP contribution in [0.4, 0.5) is 0 Å². The van der Waals surface area contributed by atoms with Crippen molar-refractivity contribution in [2.24, 2.45) is 0 Å². The summed E-state index contributed by atoms with van der Waals surface area (Å²) in [7, 11) is 4.68. The number of benzene rings is 1. The van der Waals surface area contributed by atoms with E-state index < -0.39 is 0 Å². The van der Waals surface area contributed by atoms with Gasteiger partial charge in [0.2, 0.25) is 0 Å². The molecule has 1 aromatic carbocycles. The molecule has 0 aliphatic rings. The highest BCUT2D eigenvalue weighted by molar-refractivity contribution is 5.51. The molecule has 0 heterocycles. The fraction of sp³-hybridized carbons (Fsp3) is 0.579. The summed E-state index contributed by atoms with van der Waals surface area (Å²) in [4.78, 5) is 0. The minimum atomic E-state index is 1.07. The van der Waals surface area contributed by atoms with Crippen molar-refractivity contribution >= 4 is 6.08 Å². The molecular formula is C19H32N+. The van der Waals surface area contributed by atoms with Crippen molar-refractivity contribution in [1.82, 2.24) is 0 Å². The van der Waals surface area contributed by atoms with E-state index in [1.165, 1.54) is 56.2 Å². The monoisotopic (exact) mass is 274 g/mol. The summed E-state index contributed by atoms with van der Waals surface area (Å²) >= 11 is 0. The van der Waals surface area contributed by atoms with E-state index in [0.29, 0.717) is 0 Å². The summed E-state index contributed by atoms with van der Waals surface area (Å²) in [6.45, 7) is 8.55. The van der Waals surface area contributed by atoms with Gasteiger partial charge in [0.25, 0.3) is 0 Å². The predicted molar refractivity (Wildman–Crippen MR) is 90.6 cm³/mol. The first-order valence-corrected chi connectivity index (χ1v) is 8.11. The van der Waals surface area contributed by atoms with Gasteiger partial charge in [-0.2, -0.15) is 0 Å². The van der Waals surface area contributed by atoms with Crippen LogP contribution in [0.25, 0.3) is 6.08 Å². The first-order chi connectivity index (χ1) is 9.59. The number of unbranched alkanes of at least 4 members (excludes halogenated alkanes) is 5. The predicted octanol–water partition coefficient (Wildman–Crippen LogP) is 5.27. The van der Waals surface area contributed by atoms with Crippen LogP contribution in [0.2, 0.25) is 0 Å². The minimum absolute atomic E-state index is 1.07. The van der Waals surface area contributed by atoms with Crippen LogP contribution in [0.15, 0.2) is 30.8 Å². The average molecular weight is 274 g/mol. The Bertz CT molecular complexity index is 393. The van der Waals surface area contributed by atoms with Crippen LogP contribution < -0.4 is 0 Å². The number of rotatable bonds is 10. The zero-order chi connectivity index (χ0) is 14.8. The topological polar surface area (TPSA) is 0 Å². The second-order valence-corrected chi connectivity index (χ2v) is 6.49. The molecule has 0 aliphatic carbocycles. The molecule has 112 valence electrons. The van der Waals surface area contributed by atoms with Crippen LogP contribution in [0, 0.1) is 0 Å². The lowest BCUT2D eigenvalue weighted by molar-refractivity contribution is -0.903. The Morgan fingerprint density at radius 1 is 1.00 bits per heavy atom. The molecule has 1 aromatic rings. The molecule has 0 spiro atoms. The van der Waals surface area contributed by atoms with Crippen LogP contribution >= 0.6 is 0 Å². The summed E-state index contributed by atoms with van der Waals surface area (Å²) in [6, 6.07) is 8.62. The van der Waals surface area contributed by atoms with Gasteiger partial charge < -0.3 is 4.48 Å². The van der Waals surface area contributed by atoms with Crippen molar-refractivity contribution in [1.29, 1.82) is 0 Å². The maximum absolute atomic E-state index is 3.92. The molecule has 1 rings (SSSR count). The van der Waals surface area contributed by atoms with Crippen LogP contribution in [0.1, 0.15) is 56.6 Å². The van der Waals surface area contributed by atoms with Crippen molar-refractivity contribution in [3.63, 3.8) is 0 Å². The lowest BCUT2D eigenvalue weighted by Gasteiger charge is -2.30. The summed E-state index contributed by atoms with van der Waals surface area (Å²) in [5.74, 6) is 0. The first-order valence-electron chi connectivity index (χ1n) is 8.11. The summed E-state index contributed by atoms with van der Waals surface area (Å²) in [5.41, 5.74) is 2.69. The summed E-state index contributed by atoms with van der Waals surface area (Å²) in [5, 5.41) is 0. The Morgan fingerprint density at radius 3 is 2.35 bits per heavy atom. The maximum atomic E-state index is 3.92. The van der Waals surface area contributed by atoms with Gasteiger partial charge >= 0.3 is 0 Å². The van der Waals surface area contributed by atoms with E-state index in [1.807, 2.05) is 6.08 Å². The third kappa shape index (κ3) is 6.38. The molecule has 1 heteroatoms. The number of hydrogen-bond acceptors (Lipinski definition) is 0. The van der Waals surface area contributed by atoms with Crippen molar-refractivity contribution in [2.75, 3.05) is 20.6 Å². The Labute approximate surface area is 125 Å². The fourth-order valence-corrected chi connectivity index (χ4v) is 2.74. The maximum Gasteiger partial charge on any atom is 0.105 e. The van der Waals surface area contributed by atoms with Gasteiger partial charge in [0.05, 0.1) is 20.6 Å². The van der Waals surface area contributed by atoms with Crippen molar-refractivity contribution in [2.45, 2.75) is 52.0 Å². The first kappa shape index (κ1) is 17.0. The molecule has 0 aliphatic heterocycles. The lowest BCUT2D eigenvalue weighted by atomic mass is 10.1. The van der Waals surface area contributed by atoms with Gasteiger partial charge in [-0.05, 0) is 18.4 Å². The number of quaternary nitrogens is 1. The zero-order valence-electron chi connectivity index (χ0n) is 13.7. The van der Waals surface area contributed by atoms with Crippen molar-refractivity contribution in [3.8, 4) is 0 Å². The van der Waals surface area contributed by atoms with E-state index in [-0.39, 0.29) is 0 Å². The number of hydrogen-bond donors (Lipinski definition) is 0. The molecule has 0 bridgehead atoms. The molecular weight excluding hydrogens is 242 g/mol. The normalized spacial score (nSPS) is 11.6. The molecule has 20 heavy (non-hydrogen) atoms. The third-order valence-corrected chi connectivity index (χ3v) is 3.99. The van der Waals surface area contributed by atoms with Gasteiger partial charge in [-0.1, -0.05) is 69.5 Å². The highest BCUT2D eigenvalue weighted by Gasteiger charge is 2.16. The van der Waals surface area contributed by atoms with E-state index >= 15 is 0 Å². The van der Waals surface area contributed by atoms with Crippen molar-refractivity contribution in [3.05, 3.63) is 42.0 Å². The lowest BCUT2D eigenvalue weighted by Crippen LogP contribution is -2.39. The molecule has 0 saturated carbocycles. The minimum Gasteiger partial charge on any atom is -0.325 e. The molecule has 0 saturated heterocycles. The molecule has 0 amide bonds. The van der Waals surface area contributed by atoms with E-state index in [4.69, 9.17) is 0 Å². The van der Waals surface area contributed by atoms with Gasteiger partial charge in [0, 0.05) is 5.56 Å². The fourth-order valence-electron chi connectivity index (χ4n) is 2.74. The van der Waals surface area contributed by atoms with E-state index in [0.717, 1.165) is 11.0 Å². The molecule has 0 N–H and O–H groups in total. The Balaban J connectivity index is 2.38. The molecule has 0 aromatic heterocycles. The van der Waals surface area contributed by atoms with E-state index in [2.05, 4.69) is 51.9 Å². The van der Waals surface area contributed by atoms with E-state index in [9.17, 15) is 0 Å². The molecule has 0 atom stereocenters. The summed E-state index contributed by atoms with van der Waals surface area (Å²) in [6.07, 6.45) is 10.2. The van der Waals surface area contributed by atoms with Gasteiger partial charge in [-0.25, -0.2) is 0 Å². The van der Waals surface area contributed by atoms with E-state index in [1.54, 1.807) is 0 Å². The van der Waals surface area contributed by atoms with Crippen LogP contribution in [-0.2, 0) is 6.54 Å². The molecule has 0 radical (unpaired) electrons. The Kier molecular flexibility index (Phi) is 7.61. The summed E-state index contributed by atoms with van der Waals surface area (Å²) < 4.78 is 1.07. The highest BCUT2D eigenvalue weighted by atomic mass is 15.3. The smallest absolute Gasteiger partial charge is 0.105 e. The second-order valence-electron chi connectivity index (χ2n) is 6.49. The molecule has 0 unspecified atom stereocenters. The van der Waals surface area contributed by atoms with Gasteiger partial charge in [-0.3, -0.25) is 0 Å². The standard InChI is InChI=1S/C19H32N/c1-5-7-8-9-10-13-16-20(3,4)17-19-15-12-11-14-18(19)6-2/h6,11-12,14-15H,2,5,7-10,13,16-17H2,1,3-4H3/q+1. The van der Waals surface area contributed by atoms with Crippen LogP contribution in [0.3, 0.4) is 0 Å². The second kappa shape index (κ2) is 8.97. The quantitative estimate of drug-likeness (QED) is 0.403. The zero-order valence-corrected chi connectivity index (χ0v) is 13.7. The Hall–Kier alpha value is -1.08. The molecule has 0 fully saturated rings. The van der Waals surface area contributed by atoms with Crippen molar-refractivity contribution < 1.29 is 4.48 Å². The van der Waals surface area contributed by atoms with Gasteiger partial charge in [-0.15, -0.1) is 0 Å². The van der Waals surface area contributed by atoms with Crippen LogP contribution in [0.5, 0.6) is 0 Å². The average Bonchev–Trinajstić information content (AvgIpc) is 2.43. The third-order valence-electron chi connectivity index (χ3n) is 3.99.